The number of hydrogen-bond donors (Lipinski definition) is 0. The van der Waals surface area contributed by atoms with Gasteiger partial charge in [-0.2, -0.15) is 0 Å². The molecule has 1 aromatic heterocycles. The predicted molar refractivity (Wildman–Crippen MR) is 55.0 cm³/mol. The Morgan fingerprint density at radius 3 is 2.64 bits per heavy atom. The van der Waals surface area contributed by atoms with Gasteiger partial charge in [0.25, 0.3) is 0 Å². The van der Waals surface area contributed by atoms with E-state index >= 15 is 0 Å². The SMILES string of the molecule is c1ccc(CCCc2ncco2)cc1. The van der Waals surface area contributed by atoms with Gasteiger partial charge in [-0.15, -0.1) is 0 Å². The van der Waals surface area contributed by atoms with Gasteiger partial charge in [0.05, 0.1) is 6.20 Å². The molecule has 0 fully saturated rings. The van der Waals surface area contributed by atoms with Crippen LogP contribution in [0.15, 0.2) is 47.2 Å². The molecule has 0 amide bonds. The zero-order valence-corrected chi connectivity index (χ0v) is 8.02. The standard InChI is InChI=1S/C12H13NO/c1-2-5-11(6-3-1)7-4-8-12-13-9-10-14-12/h1-3,5-6,9-10H,4,7-8H2. The van der Waals surface area contributed by atoms with Gasteiger partial charge in [0.2, 0.25) is 0 Å². The third kappa shape index (κ3) is 2.46. The molecule has 2 heteroatoms. The van der Waals surface area contributed by atoms with Crippen LogP contribution in [-0.4, -0.2) is 4.98 Å². The summed E-state index contributed by atoms with van der Waals surface area (Å²) in [4.78, 5) is 4.08. The van der Waals surface area contributed by atoms with E-state index in [9.17, 15) is 0 Å². The van der Waals surface area contributed by atoms with Gasteiger partial charge in [-0.1, -0.05) is 30.3 Å². The lowest BCUT2D eigenvalue weighted by molar-refractivity contribution is 0.487. The van der Waals surface area contributed by atoms with Crippen LogP contribution in [0, 0.1) is 0 Å². The van der Waals surface area contributed by atoms with E-state index in [1.807, 2.05) is 6.07 Å². The summed E-state index contributed by atoms with van der Waals surface area (Å²) >= 11 is 0. The minimum Gasteiger partial charge on any atom is -0.449 e. The Labute approximate surface area is 83.6 Å². The summed E-state index contributed by atoms with van der Waals surface area (Å²) in [5.41, 5.74) is 1.37. The highest BCUT2D eigenvalue weighted by Crippen LogP contribution is 2.06. The summed E-state index contributed by atoms with van der Waals surface area (Å²) in [6, 6.07) is 10.5. The smallest absolute Gasteiger partial charge is 0.193 e. The van der Waals surface area contributed by atoms with Gasteiger partial charge in [0.15, 0.2) is 5.89 Å². The largest absolute Gasteiger partial charge is 0.449 e. The molecular weight excluding hydrogens is 174 g/mol. The first kappa shape index (κ1) is 9.00. The second kappa shape index (κ2) is 4.61. The molecule has 0 atom stereocenters. The average Bonchev–Trinajstić information content (AvgIpc) is 2.72. The molecule has 2 rings (SSSR count). The molecule has 0 saturated heterocycles. The van der Waals surface area contributed by atoms with Gasteiger partial charge >= 0.3 is 0 Å². The molecule has 0 aliphatic rings. The summed E-state index contributed by atoms with van der Waals surface area (Å²) in [5.74, 6) is 0.834. The molecule has 0 N–H and O–H groups in total. The third-order valence-electron chi connectivity index (χ3n) is 2.18. The summed E-state index contributed by atoms with van der Waals surface area (Å²) in [7, 11) is 0. The molecule has 0 unspecified atom stereocenters. The predicted octanol–water partition coefficient (Wildman–Crippen LogP) is 2.85. The van der Waals surface area contributed by atoms with Gasteiger partial charge in [0, 0.05) is 6.42 Å². The Balaban J connectivity index is 1.79. The van der Waals surface area contributed by atoms with Gasteiger partial charge < -0.3 is 4.42 Å². The number of oxazole rings is 1. The summed E-state index contributed by atoms with van der Waals surface area (Å²) in [5, 5.41) is 0. The molecule has 0 aliphatic heterocycles. The van der Waals surface area contributed by atoms with Crippen molar-refractivity contribution in [2.45, 2.75) is 19.3 Å². The highest BCUT2D eigenvalue weighted by Gasteiger charge is 1.97. The lowest BCUT2D eigenvalue weighted by atomic mass is 10.1. The van der Waals surface area contributed by atoms with Gasteiger partial charge in [0.1, 0.15) is 6.26 Å². The minimum atomic E-state index is 0.834. The van der Waals surface area contributed by atoms with Gasteiger partial charge in [-0.05, 0) is 18.4 Å². The monoisotopic (exact) mass is 187 g/mol. The molecule has 0 saturated carbocycles. The van der Waals surface area contributed by atoms with E-state index in [1.54, 1.807) is 12.5 Å². The molecule has 0 spiro atoms. The van der Waals surface area contributed by atoms with Crippen LogP contribution in [0.4, 0.5) is 0 Å². The number of hydrogen-bond acceptors (Lipinski definition) is 2. The van der Waals surface area contributed by atoms with E-state index in [2.05, 4.69) is 29.2 Å². The molecule has 1 heterocycles. The number of benzene rings is 1. The fourth-order valence-corrected chi connectivity index (χ4v) is 1.46. The Hall–Kier alpha value is -1.57. The van der Waals surface area contributed by atoms with E-state index in [0.717, 1.165) is 25.2 Å². The lowest BCUT2D eigenvalue weighted by Crippen LogP contribution is -1.89. The number of aryl methyl sites for hydroxylation is 2. The molecule has 0 radical (unpaired) electrons. The quantitative estimate of drug-likeness (QED) is 0.735. The number of aromatic nitrogens is 1. The van der Waals surface area contributed by atoms with Gasteiger partial charge in [-0.25, -0.2) is 4.98 Å². The van der Waals surface area contributed by atoms with E-state index in [1.165, 1.54) is 5.56 Å². The van der Waals surface area contributed by atoms with E-state index in [-0.39, 0.29) is 0 Å². The summed E-state index contributed by atoms with van der Waals surface area (Å²) in [6.45, 7) is 0. The molecule has 0 aliphatic carbocycles. The topological polar surface area (TPSA) is 26.0 Å². The Morgan fingerprint density at radius 2 is 1.93 bits per heavy atom. The Morgan fingerprint density at radius 1 is 1.07 bits per heavy atom. The van der Waals surface area contributed by atoms with Crippen molar-refractivity contribution in [2.24, 2.45) is 0 Å². The Bertz CT molecular complexity index is 353. The summed E-state index contributed by atoms with van der Waals surface area (Å²) in [6.07, 6.45) is 6.41. The van der Waals surface area contributed by atoms with Crippen LogP contribution >= 0.6 is 0 Å². The zero-order valence-electron chi connectivity index (χ0n) is 8.02. The second-order valence-electron chi connectivity index (χ2n) is 3.26. The van der Waals surface area contributed by atoms with Crippen molar-refractivity contribution in [2.75, 3.05) is 0 Å². The maximum absolute atomic E-state index is 5.16. The van der Waals surface area contributed by atoms with Crippen molar-refractivity contribution < 1.29 is 4.42 Å². The highest BCUT2D eigenvalue weighted by atomic mass is 16.3. The molecule has 0 bridgehead atoms. The minimum absolute atomic E-state index is 0.834. The van der Waals surface area contributed by atoms with E-state index in [0.29, 0.717) is 0 Å². The van der Waals surface area contributed by atoms with Crippen LogP contribution in [0.2, 0.25) is 0 Å². The first-order valence-corrected chi connectivity index (χ1v) is 4.87. The Kier molecular flexibility index (Phi) is 2.96. The van der Waals surface area contributed by atoms with Crippen LogP contribution < -0.4 is 0 Å². The van der Waals surface area contributed by atoms with Crippen LogP contribution in [0.25, 0.3) is 0 Å². The van der Waals surface area contributed by atoms with Crippen molar-refractivity contribution in [1.82, 2.24) is 4.98 Å². The normalized spacial score (nSPS) is 10.3. The van der Waals surface area contributed by atoms with Crippen LogP contribution in [-0.2, 0) is 12.8 Å². The van der Waals surface area contributed by atoms with Crippen LogP contribution in [0.1, 0.15) is 17.9 Å². The lowest BCUT2D eigenvalue weighted by Gasteiger charge is -1.98. The fourth-order valence-electron chi connectivity index (χ4n) is 1.46. The average molecular weight is 187 g/mol. The molecule has 14 heavy (non-hydrogen) atoms. The van der Waals surface area contributed by atoms with Crippen LogP contribution in [0.3, 0.4) is 0 Å². The van der Waals surface area contributed by atoms with Crippen molar-refractivity contribution in [3.63, 3.8) is 0 Å². The van der Waals surface area contributed by atoms with Crippen molar-refractivity contribution in [3.8, 4) is 0 Å². The molecule has 2 nitrogen and oxygen atoms in total. The van der Waals surface area contributed by atoms with Crippen molar-refractivity contribution in [1.29, 1.82) is 0 Å². The first-order chi connectivity index (χ1) is 6.95. The molecule has 2 aromatic rings. The second-order valence-corrected chi connectivity index (χ2v) is 3.26. The number of rotatable bonds is 4. The van der Waals surface area contributed by atoms with Crippen LogP contribution in [0.5, 0.6) is 0 Å². The maximum atomic E-state index is 5.16. The van der Waals surface area contributed by atoms with E-state index < -0.39 is 0 Å². The van der Waals surface area contributed by atoms with Crippen molar-refractivity contribution in [3.05, 3.63) is 54.2 Å². The number of nitrogens with zero attached hydrogens (tertiary/aromatic N) is 1. The molecule has 72 valence electrons. The van der Waals surface area contributed by atoms with Gasteiger partial charge in [-0.3, -0.25) is 0 Å². The first-order valence-electron chi connectivity index (χ1n) is 4.87. The maximum Gasteiger partial charge on any atom is 0.193 e. The van der Waals surface area contributed by atoms with E-state index in [4.69, 9.17) is 4.42 Å². The fraction of sp³-hybridized carbons (Fsp3) is 0.250. The highest BCUT2D eigenvalue weighted by molar-refractivity contribution is 5.14. The molecular formula is C12H13NO. The summed E-state index contributed by atoms with van der Waals surface area (Å²) < 4.78 is 5.16. The molecule has 1 aromatic carbocycles. The zero-order chi connectivity index (χ0) is 9.64. The third-order valence-corrected chi connectivity index (χ3v) is 2.18. The van der Waals surface area contributed by atoms with Crippen molar-refractivity contribution >= 4 is 0 Å².